The third-order valence-electron chi connectivity index (χ3n) is 1.70. The van der Waals surface area contributed by atoms with Gasteiger partial charge in [-0.15, -0.1) is 5.92 Å². The summed E-state index contributed by atoms with van der Waals surface area (Å²) in [5, 5.41) is 3.29. The lowest BCUT2D eigenvalue weighted by Gasteiger charge is -2.12. The molecule has 1 rings (SSSR count). The molecule has 0 saturated carbocycles. The van der Waals surface area contributed by atoms with Crippen LogP contribution in [0.25, 0.3) is 0 Å². The fraction of sp³-hybridized carbons (Fsp3) is 0.500. The lowest BCUT2D eigenvalue weighted by Crippen LogP contribution is -2.28. The van der Waals surface area contributed by atoms with Crippen molar-refractivity contribution in [3.8, 4) is 11.8 Å². The Labute approximate surface area is 79.1 Å². The maximum Gasteiger partial charge on any atom is 0.103 e. The molecule has 3 nitrogen and oxygen atoms in total. The first kappa shape index (κ1) is 9.97. The molecule has 0 spiro atoms. The van der Waals surface area contributed by atoms with Gasteiger partial charge in [0.1, 0.15) is 6.17 Å². The molecule has 0 radical (unpaired) electrons. The Bertz CT molecular complexity index is 245. The first-order chi connectivity index (χ1) is 6.43. The predicted molar refractivity (Wildman–Crippen MR) is 55.5 cm³/mol. The number of dihydropyridines is 1. The Balaban J connectivity index is 2.06. The van der Waals surface area contributed by atoms with E-state index >= 15 is 0 Å². The van der Waals surface area contributed by atoms with Crippen molar-refractivity contribution in [2.24, 2.45) is 10.7 Å². The molecular weight excluding hydrogens is 162 g/mol. The van der Waals surface area contributed by atoms with E-state index in [1.807, 2.05) is 12.3 Å². The summed E-state index contributed by atoms with van der Waals surface area (Å²) in [5.41, 5.74) is 5.23. The van der Waals surface area contributed by atoms with Gasteiger partial charge in [-0.3, -0.25) is 10.3 Å². The van der Waals surface area contributed by atoms with Crippen LogP contribution in [0.15, 0.2) is 17.1 Å². The second-order valence-electron chi connectivity index (χ2n) is 2.74. The van der Waals surface area contributed by atoms with E-state index in [1.165, 1.54) is 0 Å². The fourth-order valence-electron chi connectivity index (χ4n) is 1.08. The van der Waals surface area contributed by atoms with Gasteiger partial charge in [0.15, 0.2) is 0 Å². The lowest BCUT2D eigenvalue weighted by atomic mass is 10.2. The Morgan fingerprint density at radius 1 is 1.54 bits per heavy atom. The zero-order chi connectivity index (χ0) is 9.36. The topological polar surface area (TPSA) is 50.4 Å². The molecule has 1 unspecified atom stereocenters. The smallest absolute Gasteiger partial charge is 0.103 e. The molecule has 0 aromatic rings. The summed E-state index contributed by atoms with van der Waals surface area (Å²) in [4.78, 5) is 4.25. The summed E-state index contributed by atoms with van der Waals surface area (Å²) >= 11 is 0. The van der Waals surface area contributed by atoms with Crippen LogP contribution in [0.4, 0.5) is 0 Å². The molecule has 0 aromatic heterocycles. The second kappa shape index (κ2) is 6.41. The van der Waals surface area contributed by atoms with Crippen molar-refractivity contribution in [1.29, 1.82) is 0 Å². The molecular formula is C10H15N3. The van der Waals surface area contributed by atoms with Crippen molar-refractivity contribution < 1.29 is 0 Å². The van der Waals surface area contributed by atoms with Crippen molar-refractivity contribution >= 4 is 6.21 Å². The van der Waals surface area contributed by atoms with Crippen molar-refractivity contribution in [2.75, 3.05) is 13.1 Å². The monoisotopic (exact) mass is 177 g/mol. The molecule has 70 valence electrons. The van der Waals surface area contributed by atoms with Gasteiger partial charge in [-0.1, -0.05) is 12.0 Å². The van der Waals surface area contributed by atoms with Gasteiger partial charge < -0.3 is 5.73 Å². The van der Waals surface area contributed by atoms with Gasteiger partial charge in [0.2, 0.25) is 0 Å². The summed E-state index contributed by atoms with van der Waals surface area (Å²) in [5.74, 6) is 5.79. The average molecular weight is 177 g/mol. The Hall–Kier alpha value is -1.11. The van der Waals surface area contributed by atoms with Crippen molar-refractivity contribution in [3.63, 3.8) is 0 Å². The molecule has 1 aliphatic rings. The molecule has 0 amide bonds. The number of nitrogens with zero attached hydrogens (tertiary/aromatic N) is 1. The number of nitrogens with one attached hydrogen (secondary N) is 1. The quantitative estimate of drug-likeness (QED) is 0.480. The van der Waals surface area contributed by atoms with E-state index in [0.29, 0.717) is 6.54 Å². The van der Waals surface area contributed by atoms with Crippen LogP contribution in [0.5, 0.6) is 0 Å². The first-order valence-corrected chi connectivity index (χ1v) is 4.51. The summed E-state index contributed by atoms with van der Waals surface area (Å²) in [6.07, 6.45) is 7.95. The highest BCUT2D eigenvalue weighted by Gasteiger charge is 2.02. The summed E-state index contributed by atoms with van der Waals surface area (Å²) < 4.78 is 0. The van der Waals surface area contributed by atoms with Gasteiger partial charge in [-0.2, -0.15) is 0 Å². The van der Waals surface area contributed by atoms with E-state index < -0.39 is 0 Å². The van der Waals surface area contributed by atoms with E-state index in [9.17, 15) is 0 Å². The zero-order valence-corrected chi connectivity index (χ0v) is 7.66. The largest absolute Gasteiger partial charge is 0.320 e. The van der Waals surface area contributed by atoms with Crippen LogP contribution in [0.1, 0.15) is 12.8 Å². The van der Waals surface area contributed by atoms with Crippen LogP contribution in [0, 0.1) is 11.8 Å². The van der Waals surface area contributed by atoms with Crippen molar-refractivity contribution in [1.82, 2.24) is 5.32 Å². The maximum absolute atomic E-state index is 5.23. The maximum atomic E-state index is 5.23. The van der Waals surface area contributed by atoms with Gasteiger partial charge in [0.25, 0.3) is 0 Å². The van der Waals surface area contributed by atoms with Crippen molar-refractivity contribution in [3.05, 3.63) is 12.2 Å². The number of aliphatic imine (C=N–C) groups is 1. The number of allylic oxidation sites excluding steroid dienone is 1. The highest BCUT2D eigenvalue weighted by molar-refractivity contribution is 5.72. The molecule has 1 atom stereocenters. The fourth-order valence-corrected chi connectivity index (χ4v) is 1.08. The van der Waals surface area contributed by atoms with Gasteiger partial charge in [-0.05, 0) is 6.08 Å². The minimum absolute atomic E-state index is 0.240. The Kier molecular flexibility index (Phi) is 4.92. The number of hydrogen-bond acceptors (Lipinski definition) is 3. The van der Waals surface area contributed by atoms with E-state index in [4.69, 9.17) is 5.73 Å². The molecule has 1 heterocycles. The highest BCUT2D eigenvalue weighted by atomic mass is 15.1. The summed E-state index contributed by atoms with van der Waals surface area (Å²) in [6.45, 7) is 1.33. The normalized spacial score (nSPS) is 19.6. The van der Waals surface area contributed by atoms with Crippen LogP contribution in [0.2, 0.25) is 0 Å². The van der Waals surface area contributed by atoms with Gasteiger partial charge >= 0.3 is 0 Å². The van der Waals surface area contributed by atoms with E-state index in [2.05, 4.69) is 28.2 Å². The SMILES string of the molecule is NCC#CCCNC1CC=CC=N1. The average Bonchev–Trinajstić information content (AvgIpc) is 2.19. The van der Waals surface area contributed by atoms with E-state index in [1.54, 1.807) is 0 Å². The summed E-state index contributed by atoms with van der Waals surface area (Å²) in [6, 6.07) is 0. The minimum Gasteiger partial charge on any atom is -0.320 e. The molecule has 0 saturated heterocycles. The minimum atomic E-state index is 0.240. The standard InChI is InChI=1S/C10H15N3/c11-7-3-1-4-8-12-10-6-2-5-9-13-10/h2,5,9-10,12H,4,6-8,11H2. The van der Waals surface area contributed by atoms with Crippen LogP contribution < -0.4 is 11.1 Å². The van der Waals surface area contributed by atoms with Gasteiger partial charge in [-0.25, -0.2) is 0 Å². The third kappa shape index (κ3) is 4.46. The van der Waals surface area contributed by atoms with Crippen LogP contribution >= 0.6 is 0 Å². The molecule has 0 aromatic carbocycles. The van der Waals surface area contributed by atoms with Gasteiger partial charge in [0, 0.05) is 25.6 Å². The van der Waals surface area contributed by atoms with Gasteiger partial charge in [0.05, 0.1) is 6.54 Å². The first-order valence-electron chi connectivity index (χ1n) is 4.51. The third-order valence-corrected chi connectivity index (χ3v) is 1.70. The Morgan fingerprint density at radius 3 is 3.15 bits per heavy atom. The molecule has 0 bridgehead atoms. The van der Waals surface area contributed by atoms with Crippen LogP contribution in [-0.2, 0) is 0 Å². The number of rotatable bonds is 3. The van der Waals surface area contributed by atoms with E-state index in [0.717, 1.165) is 19.4 Å². The second-order valence-corrected chi connectivity index (χ2v) is 2.74. The number of nitrogens with two attached hydrogens (primary N) is 1. The van der Waals surface area contributed by atoms with Crippen LogP contribution in [-0.4, -0.2) is 25.5 Å². The molecule has 3 heteroatoms. The Morgan fingerprint density at radius 2 is 2.46 bits per heavy atom. The number of hydrogen-bond donors (Lipinski definition) is 2. The predicted octanol–water partition coefficient (Wildman–Crippen LogP) is 0.285. The zero-order valence-electron chi connectivity index (χ0n) is 7.66. The summed E-state index contributed by atoms with van der Waals surface area (Å²) in [7, 11) is 0. The van der Waals surface area contributed by atoms with Crippen LogP contribution in [0.3, 0.4) is 0 Å². The molecule has 0 aliphatic carbocycles. The molecule has 1 aliphatic heterocycles. The van der Waals surface area contributed by atoms with Crippen molar-refractivity contribution in [2.45, 2.75) is 19.0 Å². The molecule has 13 heavy (non-hydrogen) atoms. The van der Waals surface area contributed by atoms with E-state index in [-0.39, 0.29) is 6.17 Å². The highest BCUT2D eigenvalue weighted by Crippen LogP contribution is 1.99. The molecule has 0 fully saturated rings. The molecule has 3 N–H and O–H groups in total. The lowest BCUT2D eigenvalue weighted by molar-refractivity contribution is 0.542.